The molecule has 38 heavy (non-hydrogen) atoms. The van der Waals surface area contributed by atoms with E-state index in [9.17, 15) is 30.0 Å². The number of carbonyl (C=O) groups excluding carboxylic acids is 2. The molecule has 3 rings (SSSR count). The molecule has 10 atom stereocenters. The van der Waals surface area contributed by atoms with Crippen molar-refractivity contribution in [1.29, 1.82) is 0 Å². The van der Waals surface area contributed by atoms with Crippen LogP contribution in [-0.4, -0.2) is 94.0 Å². The molecule has 214 valence electrons. The zero-order valence-electron chi connectivity index (χ0n) is 21.5. The average molecular weight is 543 g/mol. The van der Waals surface area contributed by atoms with Gasteiger partial charge in [0.25, 0.3) is 0 Å². The van der Waals surface area contributed by atoms with Crippen LogP contribution in [0.3, 0.4) is 0 Å². The second-order valence-electron chi connectivity index (χ2n) is 9.86. The maximum absolute atomic E-state index is 12.7. The standard InChI is InChI=1S/C26H38O12/c1-4-15-16-10-19(36-23(32)14(3)7-5-6-13(2)8-9-27)37-24(33)17(16)12-34-25(15)38-26-22(31)21(30)20(29)18(11-28)35-26/h4,8,12,14-16,18-22,25-31H,1,5-7,9-11H2,2-3H3. The fraction of sp³-hybridized carbons (Fsp3) is 0.692. The van der Waals surface area contributed by atoms with Crippen LogP contribution < -0.4 is 0 Å². The molecule has 12 nitrogen and oxygen atoms in total. The molecule has 0 aromatic heterocycles. The van der Waals surface area contributed by atoms with Crippen LogP contribution in [-0.2, 0) is 33.3 Å². The molecule has 0 spiro atoms. The lowest BCUT2D eigenvalue weighted by Crippen LogP contribution is -2.60. The monoisotopic (exact) mass is 542 g/mol. The Balaban J connectivity index is 1.62. The first kappa shape index (κ1) is 30.2. The molecule has 5 N–H and O–H groups in total. The van der Waals surface area contributed by atoms with Crippen LogP contribution in [0.25, 0.3) is 0 Å². The number of esters is 2. The summed E-state index contributed by atoms with van der Waals surface area (Å²) in [5, 5.41) is 48.7. The van der Waals surface area contributed by atoms with E-state index in [0.717, 1.165) is 18.4 Å². The third-order valence-corrected chi connectivity index (χ3v) is 7.11. The molecular formula is C26H38O12. The normalized spacial score (nSPS) is 36.3. The van der Waals surface area contributed by atoms with Crippen molar-refractivity contribution in [3.63, 3.8) is 0 Å². The van der Waals surface area contributed by atoms with Crippen LogP contribution in [0.2, 0.25) is 0 Å². The van der Waals surface area contributed by atoms with Gasteiger partial charge in [0.15, 0.2) is 6.29 Å². The van der Waals surface area contributed by atoms with E-state index in [1.165, 1.54) is 12.3 Å². The van der Waals surface area contributed by atoms with Gasteiger partial charge in [0.2, 0.25) is 12.6 Å². The Labute approximate surface area is 221 Å². The van der Waals surface area contributed by atoms with Gasteiger partial charge in [-0.05, 0) is 26.2 Å². The summed E-state index contributed by atoms with van der Waals surface area (Å²) in [5.74, 6) is -2.86. The average Bonchev–Trinajstić information content (AvgIpc) is 2.88. The zero-order chi connectivity index (χ0) is 28.0. The maximum Gasteiger partial charge on any atom is 0.340 e. The molecule has 0 bridgehead atoms. The van der Waals surface area contributed by atoms with Gasteiger partial charge >= 0.3 is 11.9 Å². The fourth-order valence-electron chi connectivity index (χ4n) is 4.73. The molecule has 3 aliphatic rings. The number of cyclic esters (lactones) is 1. The highest BCUT2D eigenvalue weighted by atomic mass is 16.8. The van der Waals surface area contributed by atoms with Crippen LogP contribution in [0.15, 0.2) is 36.1 Å². The summed E-state index contributed by atoms with van der Waals surface area (Å²) >= 11 is 0. The van der Waals surface area contributed by atoms with Gasteiger partial charge in [-0.3, -0.25) is 4.79 Å². The minimum absolute atomic E-state index is 0.0285. The van der Waals surface area contributed by atoms with Gasteiger partial charge in [0, 0.05) is 18.3 Å². The molecule has 2 fully saturated rings. The molecule has 3 heterocycles. The summed E-state index contributed by atoms with van der Waals surface area (Å²) in [6.07, 6.45) is -3.16. The van der Waals surface area contributed by atoms with E-state index < -0.39 is 79.6 Å². The molecule has 12 heteroatoms. The van der Waals surface area contributed by atoms with Crippen molar-refractivity contribution in [2.75, 3.05) is 13.2 Å². The zero-order valence-corrected chi connectivity index (χ0v) is 21.5. The third kappa shape index (κ3) is 7.00. The molecule has 10 unspecified atom stereocenters. The predicted molar refractivity (Wildman–Crippen MR) is 129 cm³/mol. The molecule has 0 amide bonds. The Kier molecular flexibility index (Phi) is 10.9. The van der Waals surface area contributed by atoms with Gasteiger partial charge in [-0.25, -0.2) is 4.79 Å². The number of hydrogen-bond donors (Lipinski definition) is 5. The van der Waals surface area contributed by atoms with Crippen molar-refractivity contribution in [2.24, 2.45) is 17.8 Å². The molecule has 2 saturated heterocycles. The highest BCUT2D eigenvalue weighted by molar-refractivity contribution is 5.90. The second kappa shape index (κ2) is 13.7. The summed E-state index contributed by atoms with van der Waals surface area (Å²) in [4.78, 5) is 25.3. The van der Waals surface area contributed by atoms with Crippen molar-refractivity contribution < 1.29 is 58.8 Å². The number of ether oxygens (including phenoxy) is 5. The van der Waals surface area contributed by atoms with E-state index >= 15 is 0 Å². The fourth-order valence-corrected chi connectivity index (χ4v) is 4.73. The Hall–Kier alpha value is -2.32. The number of carbonyl (C=O) groups is 2. The van der Waals surface area contributed by atoms with Gasteiger partial charge in [-0.1, -0.05) is 24.6 Å². The topological polar surface area (TPSA) is 181 Å². The van der Waals surface area contributed by atoms with Crippen LogP contribution in [0, 0.1) is 17.8 Å². The second-order valence-corrected chi connectivity index (χ2v) is 9.86. The van der Waals surface area contributed by atoms with Gasteiger partial charge < -0.3 is 49.2 Å². The number of aliphatic hydroxyl groups is 5. The van der Waals surface area contributed by atoms with Crippen LogP contribution >= 0.6 is 0 Å². The largest absolute Gasteiger partial charge is 0.471 e. The van der Waals surface area contributed by atoms with Crippen LogP contribution in [0.1, 0.15) is 39.5 Å². The van der Waals surface area contributed by atoms with E-state index in [1.807, 2.05) is 6.92 Å². The number of fused-ring (bicyclic) bond motifs is 1. The lowest BCUT2D eigenvalue weighted by Gasteiger charge is -2.44. The minimum atomic E-state index is -1.64. The van der Waals surface area contributed by atoms with Crippen molar-refractivity contribution in [1.82, 2.24) is 0 Å². The summed E-state index contributed by atoms with van der Waals surface area (Å²) in [7, 11) is 0. The Morgan fingerprint density at radius 2 is 1.95 bits per heavy atom. The summed E-state index contributed by atoms with van der Waals surface area (Å²) < 4.78 is 27.5. The number of allylic oxidation sites excluding steroid dienone is 1. The number of hydrogen-bond acceptors (Lipinski definition) is 12. The molecule has 0 aromatic rings. The molecule has 0 aromatic carbocycles. The van der Waals surface area contributed by atoms with Crippen molar-refractivity contribution >= 4 is 11.9 Å². The SMILES string of the molecule is C=CC1C(OC2OC(CO)C(O)C(O)C2O)OC=C2C(=O)OC(OC(=O)C(C)CCCC(C)=CCO)CC21. The highest BCUT2D eigenvalue weighted by Gasteiger charge is 2.49. The Morgan fingerprint density at radius 3 is 2.61 bits per heavy atom. The lowest BCUT2D eigenvalue weighted by atomic mass is 9.80. The van der Waals surface area contributed by atoms with Gasteiger partial charge in [0.1, 0.15) is 24.4 Å². The summed E-state index contributed by atoms with van der Waals surface area (Å²) in [5.41, 5.74) is 1.24. The van der Waals surface area contributed by atoms with E-state index in [4.69, 9.17) is 28.8 Å². The molecular weight excluding hydrogens is 504 g/mol. The van der Waals surface area contributed by atoms with Crippen LogP contribution in [0.4, 0.5) is 0 Å². The van der Waals surface area contributed by atoms with E-state index in [1.54, 1.807) is 13.0 Å². The molecule has 3 aliphatic heterocycles. The van der Waals surface area contributed by atoms with E-state index in [0.29, 0.717) is 6.42 Å². The Morgan fingerprint density at radius 1 is 1.21 bits per heavy atom. The number of rotatable bonds is 11. The summed E-state index contributed by atoms with van der Waals surface area (Å²) in [6.45, 7) is 6.78. The molecule has 0 radical (unpaired) electrons. The van der Waals surface area contributed by atoms with Crippen molar-refractivity contribution in [3.05, 3.63) is 36.1 Å². The van der Waals surface area contributed by atoms with Crippen LogP contribution in [0.5, 0.6) is 0 Å². The van der Waals surface area contributed by atoms with E-state index in [-0.39, 0.29) is 18.6 Å². The third-order valence-electron chi connectivity index (χ3n) is 7.11. The maximum atomic E-state index is 12.7. The van der Waals surface area contributed by atoms with Gasteiger partial charge in [-0.2, -0.15) is 0 Å². The lowest BCUT2D eigenvalue weighted by molar-refractivity contribution is -0.340. The number of aliphatic hydroxyl groups excluding tert-OH is 5. The first-order chi connectivity index (χ1) is 18.1. The Bertz CT molecular complexity index is 899. The smallest absolute Gasteiger partial charge is 0.340 e. The van der Waals surface area contributed by atoms with Crippen molar-refractivity contribution in [3.8, 4) is 0 Å². The first-order valence-corrected chi connectivity index (χ1v) is 12.7. The quantitative estimate of drug-likeness (QED) is 0.175. The highest BCUT2D eigenvalue weighted by Crippen LogP contribution is 2.41. The van der Waals surface area contributed by atoms with Gasteiger partial charge in [-0.15, -0.1) is 6.58 Å². The molecule has 0 saturated carbocycles. The van der Waals surface area contributed by atoms with Crippen molar-refractivity contribution in [2.45, 2.75) is 82.8 Å². The van der Waals surface area contributed by atoms with Gasteiger partial charge in [0.05, 0.1) is 31.0 Å². The predicted octanol–water partition coefficient (Wildman–Crippen LogP) is 0.0227. The minimum Gasteiger partial charge on any atom is -0.471 e. The molecule has 0 aliphatic carbocycles. The first-order valence-electron chi connectivity index (χ1n) is 12.7. The van der Waals surface area contributed by atoms with E-state index in [2.05, 4.69) is 6.58 Å². The summed E-state index contributed by atoms with van der Waals surface area (Å²) in [6, 6.07) is 0.